The third-order valence-electron chi connectivity index (χ3n) is 4.72. The predicted molar refractivity (Wildman–Crippen MR) is 106 cm³/mol. The van der Waals surface area contributed by atoms with Crippen LogP contribution in [0, 0.1) is 0 Å². The highest BCUT2D eigenvalue weighted by Crippen LogP contribution is 2.19. The standard InChI is InChI=1S/C20H24N4O5/c1-2-14(24-15(25)10-11-16(24)26)17(27)20(22,19(28)29)18(21)23-12-6-9-13-7-4-3-5-8-13/h3-5,7-8,10-11,14H,2,6,9,12,22H2,1H3,(H2,21,23)(H,28,29)/t14?,20-/m1/s1. The minimum absolute atomic E-state index is 0.00842. The number of hydrogen-bond acceptors (Lipinski definition) is 6. The summed E-state index contributed by atoms with van der Waals surface area (Å²) in [6.07, 6.45) is 3.27. The molecule has 2 rings (SSSR count). The average Bonchev–Trinajstić information content (AvgIpc) is 3.04. The molecule has 154 valence electrons. The zero-order valence-electron chi connectivity index (χ0n) is 16.1. The van der Waals surface area contributed by atoms with Crippen LogP contribution in [-0.4, -0.2) is 57.5 Å². The van der Waals surface area contributed by atoms with Crippen molar-refractivity contribution in [1.82, 2.24) is 4.90 Å². The smallest absolute Gasteiger partial charge is 0.339 e. The Morgan fingerprint density at radius 3 is 2.28 bits per heavy atom. The molecule has 1 aliphatic rings. The minimum Gasteiger partial charge on any atom is -0.479 e. The molecule has 0 bridgehead atoms. The molecule has 1 aliphatic heterocycles. The summed E-state index contributed by atoms with van der Waals surface area (Å²) in [5, 5.41) is 9.62. The molecule has 0 fully saturated rings. The number of rotatable bonds is 10. The number of carbonyl (C=O) groups is 4. The largest absolute Gasteiger partial charge is 0.479 e. The molecular formula is C20H24N4O5. The fraction of sp³-hybridized carbons (Fsp3) is 0.350. The molecule has 9 nitrogen and oxygen atoms in total. The Morgan fingerprint density at radius 1 is 1.17 bits per heavy atom. The van der Waals surface area contributed by atoms with Crippen LogP contribution in [0.1, 0.15) is 25.3 Å². The lowest BCUT2D eigenvalue weighted by molar-refractivity contribution is -0.152. The number of aryl methyl sites for hydroxylation is 1. The summed E-state index contributed by atoms with van der Waals surface area (Å²) in [6.45, 7) is 1.71. The van der Waals surface area contributed by atoms with E-state index in [9.17, 15) is 24.3 Å². The zero-order valence-corrected chi connectivity index (χ0v) is 16.1. The lowest BCUT2D eigenvalue weighted by atomic mass is 9.87. The molecule has 1 aromatic rings. The van der Waals surface area contributed by atoms with Gasteiger partial charge in [0.25, 0.3) is 11.8 Å². The van der Waals surface area contributed by atoms with Gasteiger partial charge in [0.05, 0.1) is 0 Å². The Bertz CT molecular complexity index is 847. The Balaban J connectivity index is 2.17. The molecule has 1 aromatic carbocycles. The van der Waals surface area contributed by atoms with Crippen LogP contribution in [0.15, 0.2) is 47.5 Å². The number of carbonyl (C=O) groups excluding carboxylic acids is 3. The van der Waals surface area contributed by atoms with Crippen molar-refractivity contribution in [1.29, 1.82) is 0 Å². The van der Waals surface area contributed by atoms with Crippen LogP contribution in [0.2, 0.25) is 0 Å². The number of benzene rings is 1. The maximum Gasteiger partial charge on any atom is 0.339 e. The Hall–Kier alpha value is -3.33. The van der Waals surface area contributed by atoms with E-state index in [0.29, 0.717) is 17.7 Å². The van der Waals surface area contributed by atoms with Crippen molar-refractivity contribution in [3.8, 4) is 0 Å². The number of Topliss-reactive ketones (excluding diaryl/α,β-unsaturated/α-hetero) is 1. The second kappa shape index (κ2) is 9.24. The number of aliphatic carboxylic acids is 1. The van der Waals surface area contributed by atoms with Gasteiger partial charge in [-0.3, -0.25) is 24.3 Å². The third kappa shape index (κ3) is 4.57. The molecule has 0 radical (unpaired) electrons. The Kier molecular flexibility index (Phi) is 7.00. The monoisotopic (exact) mass is 400 g/mol. The van der Waals surface area contributed by atoms with Crippen LogP contribution < -0.4 is 11.5 Å². The maximum absolute atomic E-state index is 13.0. The first-order chi connectivity index (χ1) is 13.7. The van der Waals surface area contributed by atoms with Gasteiger partial charge in [0.2, 0.25) is 5.54 Å². The molecule has 2 atom stereocenters. The van der Waals surface area contributed by atoms with Crippen LogP contribution >= 0.6 is 0 Å². The van der Waals surface area contributed by atoms with Gasteiger partial charge in [-0.05, 0) is 24.8 Å². The van der Waals surface area contributed by atoms with Gasteiger partial charge in [0, 0.05) is 18.7 Å². The second-order valence-corrected chi connectivity index (χ2v) is 6.64. The molecule has 9 heteroatoms. The van der Waals surface area contributed by atoms with Crippen molar-refractivity contribution in [2.45, 2.75) is 37.8 Å². The number of amidine groups is 1. The molecule has 0 aromatic heterocycles. The summed E-state index contributed by atoms with van der Waals surface area (Å²) < 4.78 is 0. The first-order valence-electron chi connectivity index (χ1n) is 9.19. The van der Waals surface area contributed by atoms with Crippen LogP contribution in [0.3, 0.4) is 0 Å². The van der Waals surface area contributed by atoms with Gasteiger partial charge in [-0.15, -0.1) is 0 Å². The molecule has 0 aliphatic carbocycles. The van der Waals surface area contributed by atoms with E-state index in [-0.39, 0.29) is 13.0 Å². The highest BCUT2D eigenvalue weighted by molar-refractivity contribution is 6.30. The fourth-order valence-corrected chi connectivity index (χ4v) is 3.06. The SMILES string of the molecule is CCC(C(=O)[C@](N)(C(=O)O)C(N)=NCCCc1ccccc1)N1C(=O)C=CC1=O. The topological polar surface area (TPSA) is 156 Å². The van der Waals surface area contributed by atoms with Crippen molar-refractivity contribution in [2.24, 2.45) is 16.5 Å². The summed E-state index contributed by atoms with van der Waals surface area (Å²) >= 11 is 0. The second-order valence-electron chi connectivity index (χ2n) is 6.64. The van der Waals surface area contributed by atoms with Gasteiger partial charge in [0.1, 0.15) is 11.9 Å². The molecule has 0 saturated heterocycles. The van der Waals surface area contributed by atoms with Gasteiger partial charge in [0.15, 0.2) is 5.78 Å². The summed E-state index contributed by atoms with van der Waals surface area (Å²) in [6, 6.07) is 8.25. The van der Waals surface area contributed by atoms with E-state index in [0.717, 1.165) is 17.7 Å². The van der Waals surface area contributed by atoms with Crippen LogP contribution in [-0.2, 0) is 25.6 Å². The Morgan fingerprint density at radius 2 is 1.76 bits per heavy atom. The number of nitrogens with two attached hydrogens (primary N) is 2. The highest BCUT2D eigenvalue weighted by Gasteiger charge is 2.51. The van der Waals surface area contributed by atoms with Crippen LogP contribution in [0.25, 0.3) is 0 Å². The number of carboxylic acid groups (broad SMARTS) is 1. The van der Waals surface area contributed by atoms with Gasteiger partial charge < -0.3 is 16.6 Å². The lowest BCUT2D eigenvalue weighted by Gasteiger charge is -2.31. The van der Waals surface area contributed by atoms with Crippen molar-refractivity contribution in [2.75, 3.05) is 6.54 Å². The zero-order chi connectivity index (χ0) is 21.6. The van der Waals surface area contributed by atoms with Gasteiger partial charge in [-0.2, -0.15) is 0 Å². The number of hydrogen-bond donors (Lipinski definition) is 3. The molecule has 1 unspecified atom stereocenters. The minimum atomic E-state index is -2.64. The van der Waals surface area contributed by atoms with E-state index in [2.05, 4.69) is 4.99 Å². The molecule has 2 amide bonds. The van der Waals surface area contributed by atoms with Crippen LogP contribution in [0.5, 0.6) is 0 Å². The number of ketones is 1. The van der Waals surface area contributed by atoms with Crippen molar-refractivity contribution >= 4 is 29.4 Å². The number of nitrogens with zero attached hydrogens (tertiary/aromatic N) is 2. The summed E-state index contributed by atoms with van der Waals surface area (Å²) in [5.74, 6) is -4.74. The molecule has 5 N–H and O–H groups in total. The van der Waals surface area contributed by atoms with E-state index in [1.807, 2.05) is 30.3 Å². The van der Waals surface area contributed by atoms with E-state index in [1.54, 1.807) is 0 Å². The van der Waals surface area contributed by atoms with E-state index in [4.69, 9.17) is 11.5 Å². The first kappa shape index (κ1) is 22.0. The highest BCUT2D eigenvalue weighted by atomic mass is 16.4. The van der Waals surface area contributed by atoms with Gasteiger partial charge in [-0.25, -0.2) is 4.79 Å². The first-order valence-corrected chi connectivity index (χ1v) is 9.19. The third-order valence-corrected chi connectivity index (χ3v) is 4.72. The van der Waals surface area contributed by atoms with Gasteiger partial charge in [-0.1, -0.05) is 37.3 Å². The predicted octanol–water partition coefficient (Wildman–Crippen LogP) is 0.0312. The number of imide groups is 1. The Labute approximate surface area is 168 Å². The molecule has 29 heavy (non-hydrogen) atoms. The number of carboxylic acids is 1. The van der Waals surface area contributed by atoms with E-state index in [1.165, 1.54) is 6.92 Å². The summed E-state index contributed by atoms with van der Waals surface area (Å²) in [5.41, 5.74) is 10.1. The fourth-order valence-electron chi connectivity index (χ4n) is 3.06. The molecule has 0 saturated carbocycles. The summed E-state index contributed by atoms with van der Waals surface area (Å²) in [7, 11) is 0. The normalized spacial score (nSPS) is 17.3. The van der Waals surface area contributed by atoms with Crippen molar-refractivity contribution in [3.05, 3.63) is 48.0 Å². The quantitative estimate of drug-likeness (QED) is 0.164. The van der Waals surface area contributed by atoms with Crippen LogP contribution in [0.4, 0.5) is 0 Å². The molecule has 0 spiro atoms. The van der Waals surface area contributed by atoms with E-state index >= 15 is 0 Å². The number of amides is 2. The average molecular weight is 400 g/mol. The van der Waals surface area contributed by atoms with Gasteiger partial charge >= 0.3 is 5.97 Å². The molecular weight excluding hydrogens is 376 g/mol. The van der Waals surface area contributed by atoms with Crippen molar-refractivity contribution in [3.63, 3.8) is 0 Å². The van der Waals surface area contributed by atoms with Crippen molar-refractivity contribution < 1.29 is 24.3 Å². The number of aliphatic imine (C=N–C) groups is 1. The molecule has 1 heterocycles. The maximum atomic E-state index is 13.0. The summed E-state index contributed by atoms with van der Waals surface area (Å²) in [4.78, 5) is 53.3. The lowest BCUT2D eigenvalue weighted by Crippen LogP contribution is -2.68. The van der Waals surface area contributed by atoms with E-state index < -0.39 is 41.0 Å².